The molecule has 0 aromatic heterocycles. The number of carbonyl (C=O) groups is 1. The molecule has 0 heterocycles. The van der Waals surface area contributed by atoms with Crippen molar-refractivity contribution in [3.63, 3.8) is 0 Å². The Labute approximate surface area is 101 Å². The van der Waals surface area contributed by atoms with Gasteiger partial charge in [0, 0.05) is 6.07 Å². The summed E-state index contributed by atoms with van der Waals surface area (Å²) in [7, 11) is 0. The van der Waals surface area contributed by atoms with E-state index >= 15 is 0 Å². The van der Waals surface area contributed by atoms with Crippen LogP contribution < -0.4 is 0 Å². The highest BCUT2D eigenvalue weighted by atomic mass is 35.5. The molecule has 0 radical (unpaired) electrons. The molecule has 0 N–H and O–H groups in total. The first-order chi connectivity index (χ1) is 7.49. The van der Waals surface area contributed by atoms with E-state index in [1.807, 2.05) is 0 Å². The normalized spacial score (nSPS) is 9.94. The van der Waals surface area contributed by atoms with Gasteiger partial charge in [0.2, 0.25) is 0 Å². The molecule has 16 heavy (non-hydrogen) atoms. The van der Waals surface area contributed by atoms with E-state index in [2.05, 4.69) is 4.74 Å². The SMILES string of the molecule is CCOC(=O)c1c([N+](=O)[O-])ccc(Cl)c1Cl. The Kier molecular flexibility index (Phi) is 4.09. The van der Waals surface area contributed by atoms with Crippen molar-refractivity contribution in [3.05, 3.63) is 37.9 Å². The van der Waals surface area contributed by atoms with Crippen LogP contribution in [0.1, 0.15) is 17.3 Å². The van der Waals surface area contributed by atoms with E-state index in [0.29, 0.717) is 0 Å². The minimum Gasteiger partial charge on any atom is -0.462 e. The number of hydrogen-bond donors (Lipinski definition) is 0. The fraction of sp³-hybridized carbons (Fsp3) is 0.222. The molecular formula is C9H7Cl2NO4. The van der Waals surface area contributed by atoms with E-state index in [4.69, 9.17) is 23.2 Å². The Balaban J connectivity index is 3.37. The quantitative estimate of drug-likeness (QED) is 0.478. The van der Waals surface area contributed by atoms with Gasteiger partial charge in [-0.05, 0) is 13.0 Å². The van der Waals surface area contributed by atoms with Crippen molar-refractivity contribution in [1.82, 2.24) is 0 Å². The van der Waals surface area contributed by atoms with Crippen molar-refractivity contribution in [3.8, 4) is 0 Å². The van der Waals surface area contributed by atoms with Crippen molar-refractivity contribution in [2.45, 2.75) is 6.92 Å². The Morgan fingerprint density at radius 3 is 2.62 bits per heavy atom. The van der Waals surface area contributed by atoms with Gasteiger partial charge in [0.15, 0.2) is 5.56 Å². The van der Waals surface area contributed by atoms with E-state index in [9.17, 15) is 14.9 Å². The number of nitro benzene ring substituents is 1. The molecule has 0 aliphatic rings. The molecule has 7 heteroatoms. The van der Waals surface area contributed by atoms with Crippen LogP contribution in [-0.2, 0) is 4.74 Å². The van der Waals surface area contributed by atoms with Crippen LogP contribution >= 0.6 is 23.2 Å². The predicted octanol–water partition coefficient (Wildman–Crippen LogP) is 3.08. The van der Waals surface area contributed by atoms with E-state index in [1.165, 1.54) is 6.07 Å². The molecule has 0 aliphatic carbocycles. The summed E-state index contributed by atoms with van der Waals surface area (Å²) >= 11 is 11.4. The minimum absolute atomic E-state index is 0.0651. The van der Waals surface area contributed by atoms with Gasteiger partial charge >= 0.3 is 5.97 Å². The molecule has 0 fully saturated rings. The van der Waals surface area contributed by atoms with E-state index in [-0.39, 0.29) is 22.2 Å². The fourth-order valence-electron chi connectivity index (χ4n) is 1.09. The largest absolute Gasteiger partial charge is 0.462 e. The highest BCUT2D eigenvalue weighted by Gasteiger charge is 2.26. The molecule has 0 aliphatic heterocycles. The summed E-state index contributed by atoms with van der Waals surface area (Å²) in [4.78, 5) is 21.4. The lowest BCUT2D eigenvalue weighted by molar-refractivity contribution is -0.385. The summed E-state index contributed by atoms with van der Waals surface area (Å²) in [5, 5.41) is 10.6. The summed E-state index contributed by atoms with van der Waals surface area (Å²) in [6.45, 7) is 1.68. The lowest BCUT2D eigenvalue weighted by Gasteiger charge is -2.05. The standard InChI is InChI=1S/C9H7Cl2NO4/c1-2-16-9(13)7-6(12(14)15)4-3-5(10)8(7)11/h3-4H,2H2,1H3. The molecule has 86 valence electrons. The molecular weight excluding hydrogens is 257 g/mol. The first-order valence-electron chi connectivity index (χ1n) is 4.28. The third-order valence-corrected chi connectivity index (χ3v) is 2.55. The zero-order chi connectivity index (χ0) is 12.3. The number of ether oxygens (including phenoxy) is 1. The average molecular weight is 264 g/mol. The van der Waals surface area contributed by atoms with Crippen LogP contribution in [-0.4, -0.2) is 17.5 Å². The molecule has 0 atom stereocenters. The molecule has 1 aromatic carbocycles. The van der Waals surface area contributed by atoms with E-state index < -0.39 is 16.6 Å². The van der Waals surface area contributed by atoms with Gasteiger partial charge in [0.1, 0.15) is 0 Å². The fourth-order valence-corrected chi connectivity index (χ4v) is 1.48. The van der Waals surface area contributed by atoms with Crippen molar-refractivity contribution in [1.29, 1.82) is 0 Å². The molecule has 0 spiro atoms. The van der Waals surface area contributed by atoms with E-state index in [1.54, 1.807) is 6.92 Å². The maximum absolute atomic E-state index is 11.5. The lowest BCUT2D eigenvalue weighted by Crippen LogP contribution is -2.09. The van der Waals surface area contributed by atoms with Crippen LogP contribution in [0.15, 0.2) is 12.1 Å². The minimum atomic E-state index is -0.860. The van der Waals surface area contributed by atoms with Gasteiger partial charge in [0.25, 0.3) is 5.69 Å². The third kappa shape index (κ3) is 2.43. The summed E-state index contributed by atoms with van der Waals surface area (Å²) in [6.07, 6.45) is 0. The smallest absolute Gasteiger partial charge is 0.346 e. The van der Waals surface area contributed by atoms with Gasteiger partial charge in [-0.2, -0.15) is 0 Å². The van der Waals surface area contributed by atoms with Crippen LogP contribution in [0.4, 0.5) is 5.69 Å². The number of rotatable bonds is 3. The summed E-state index contributed by atoms with van der Waals surface area (Å²) in [5.41, 5.74) is -0.742. The number of halogens is 2. The second-order valence-corrected chi connectivity index (χ2v) is 3.52. The highest BCUT2D eigenvalue weighted by Crippen LogP contribution is 2.33. The number of esters is 1. The summed E-state index contributed by atoms with van der Waals surface area (Å²) in [6, 6.07) is 2.37. The molecule has 5 nitrogen and oxygen atoms in total. The van der Waals surface area contributed by atoms with Gasteiger partial charge in [0.05, 0.1) is 21.6 Å². The topological polar surface area (TPSA) is 69.4 Å². The van der Waals surface area contributed by atoms with Gasteiger partial charge in [-0.3, -0.25) is 10.1 Å². The first kappa shape index (κ1) is 12.7. The molecule has 0 unspecified atom stereocenters. The predicted molar refractivity (Wildman–Crippen MR) is 59.1 cm³/mol. The molecule has 0 amide bonds. The van der Waals surface area contributed by atoms with Crippen LogP contribution in [0.25, 0.3) is 0 Å². The second-order valence-electron chi connectivity index (χ2n) is 2.73. The monoisotopic (exact) mass is 263 g/mol. The van der Waals surface area contributed by atoms with Gasteiger partial charge in [-0.15, -0.1) is 0 Å². The lowest BCUT2D eigenvalue weighted by atomic mass is 10.2. The molecule has 1 aromatic rings. The Hall–Kier alpha value is -1.33. The van der Waals surface area contributed by atoms with Crippen molar-refractivity contribution in [2.24, 2.45) is 0 Å². The number of nitrogens with zero attached hydrogens (tertiary/aromatic N) is 1. The first-order valence-corrected chi connectivity index (χ1v) is 5.04. The molecule has 0 saturated carbocycles. The maximum Gasteiger partial charge on any atom is 0.346 e. The van der Waals surface area contributed by atoms with Gasteiger partial charge in [-0.25, -0.2) is 4.79 Å². The summed E-state index contributed by atoms with van der Waals surface area (Å²) in [5.74, 6) is -0.860. The van der Waals surface area contributed by atoms with Crippen molar-refractivity contribution in [2.75, 3.05) is 6.61 Å². The van der Waals surface area contributed by atoms with E-state index in [0.717, 1.165) is 6.07 Å². The number of carbonyl (C=O) groups excluding carboxylic acids is 1. The molecule has 0 saturated heterocycles. The van der Waals surface area contributed by atoms with Gasteiger partial charge < -0.3 is 4.74 Å². The maximum atomic E-state index is 11.5. The van der Waals surface area contributed by atoms with Crippen LogP contribution in [0, 0.1) is 10.1 Å². The van der Waals surface area contributed by atoms with Crippen LogP contribution in [0.2, 0.25) is 10.0 Å². The Morgan fingerprint density at radius 2 is 2.12 bits per heavy atom. The van der Waals surface area contributed by atoms with Crippen molar-refractivity contribution < 1.29 is 14.5 Å². The number of nitro groups is 1. The van der Waals surface area contributed by atoms with Crippen molar-refractivity contribution >= 4 is 34.9 Å². The van der Waals surface area contributed by atoms with Crippen LogP contribution in [0.5, 0.6) is 0 Å². The number of benzene rings is 1. The Morgan fingerprint density at radius 1 is 1.50 bits per heavy atom. The highest BCUT2D eigenvalue weighted by molar-refractivity contribution is 6.44. The third-order valence-electron chi connectivity index (χ3n) is 1.75. The second kappa shape index (κ2) is 5.14. The average Bonchev–Trinajstić information content (AvgIpc) is 2.21. The number of hydrogen-bond acceptors (Lipinski definition) is 4. The zero-order valence-corrected chi connectivity index (χ0v) is 9.71. The van der Waals surface area contributed by atoms with Gasteiger partial charge in [-0.1, -0.05) is 23.2 Å². The Bertz CT molecular complexity index is 447. The summed E-state index contributed by atoms with van der Waals surface area (Å²) < 4.78 is 4.67. The molecule has 1 rings (SSSR count). The molecule has 0 bridgehead atoms. The zero-order valence-electron chi connectivity index (χ0n) is 8.20. The van der Waals surface area contributed by atoms with Crippen LogP contribution in [0.3, 0.4) is 0 Å².